The van der Waals surface area contributed by atoms with Crippen LogP contribution in [0.25, 0.3) is 0 Å². The van der Waals surface area contributed by atoms with E-state index in [1.54, 1.807) is 0 Å². The number of unbranched alkanes of at least 4 members (excludes halogenated alkanes) is 7. The number of hydrogen-bond donors (Lipinski definition) is 2. The minimum absolute atomic E-state index is 0. The summed E-state index contributed by atoms with van der Waals surface area (Å²) < 4.78 is 0. The third-order valence-corrected chi connectivity index (χ3v) is 2.15. The van der Waals surface area contributed by atoms with E-state index in [-0.39, 0.29) is 18.9 Å². The Bertz CT molecular complexity index is 175. The molecule has 0 unspecified atom stereocenters. The number of rotatable bonds is 9. The fourth-order valence-electron chi connectivity index (χ4n) is 1.26. The van der Waals surface area contributed by atoms with Gasteiger partial charge in [-0.1, -0.05) is 45.4 Å². The van der Waals surface area contributed by atoms with Crippen molar-refractivity contribution >= 4 is 11.9 Å². The third-order valence-electron chi connectivity index (χ3n) is 2.15. The van der Waals surface area contributed by atoms with Crippen LogP contribution in [0.2, 0.25) is 0 Å². The molecular formula is C13H25LiO4. The van der Waals surface area contributed by atoms with Crippen LogP contribution in [-0.2, 0) is 9.59 Å². The van der Waals surface area contributed by atoms with E-state index < -0.39 is 18.4 Å². The van der Waals surface area contributed by atoms with Crippen LogP contribution in [0.15, 0.2) is 0 Å². The second kappa shape index (κ2) is 18.9. The molecule has 0 aliphatic carbocycles. The van der Waals surface area contributed by atoms with Crippen molar-refractivity contribution in [1.29, 1.82) is 0 Å². The van der Waals surface area contributed by atoms with Gasteiger partial charge in [0.2, 0.25) is 0 Å². The average Bonchev–Trinajstić information content (AvgIpc) is 2.22. The first-order chi connectivity index (χ1) is 8.04. The Balaban J connectivity index is -0.000000251. The van der Waals surface area contributed by atoms with E-state index in [0.29, 0.717) is 0 Å². The third kappa shape index (κ3) is 29.6. The number of carbonyl (C=O) groups is 2. The molecule has 18 heavy (non-hydrogen) atoms. The maximum Gasteiger partial charge on any atom is 1.00 e. The van der Waals surface area contributed by atoms with E-state index in [0.717, 1.165) is 0 Å². The van der Waals surface area contributed by atoms with E-state index in [1.807, 2.05) is 0 Å². The average molecular weight is 252 g/mol. The molecule has 0 radical (unpaired) electrons. The van der Waals surface area contributed by atoms with Crippen LogP contribution in [0.4, 0.5) is 0 Å². The van der Waals surface area contributed by atoms with Crippen LogP contribution in [0.5, 0.6) is 0 Å². The minimum Gasteiger partial charge on any atom is -0.481 e. The van der Waals surface area contributed by atoms with E-state index in [1.165, 1.54) is 44.9 Å². The maximum absolute atomic E-state index is 9.43. The molecule has 0 fully saturated rings. The van der Waals surface area contributed by atoms with Gasteiger partial charge in [0.05, 0.1) is 0 Å². The molecule has 0 aromatic rings. The number of carboxylic acids is 2. The second-order valence-electron chi connectivity index (χ2n) is 3.93. The molecule has 0 atom stereocenters. The Morgan fingerprint density at radius 1 is 0.944 bits per heavy atom. The molecule has 0 rings (SSSR count). The van der Waals surface area contributed by atoms with Crippen LogP contribution in [0.1, 0.15) is 65.2 Å². The molecule has 0 saturated heterocycles. The van der Waals surface area contributed by atoms with Gasteiger partial charge >= 0.3 is 30.8 Å². The summed E-state index contributed by atoms with van der Waals surface area (Å²) >= 11 is 0. The first kappa shape index (κ1) is 22.7. The van der Waals surface area contributed by atoms with Gasteiger partial charge in [-0.15, -0.1) is 0 Å². The summed E-state index contributed by atoms with van der Waals surface area (Å²) in [6, 6.07) is 0. The molecule has 0 aromatic carbocycles. The Labute approximate surface area is 122 Å². The zero-order chi connectivity index (χ0) is 13.5. The summed E-state index contributed by atoms with van der Waals surface area (Å²) in [6.07, 6.45) is 11.3. The van der Waals surface area contributed by atoms with Gasteiger partial charge in [-0.2, -0.15) is 13.3 Å². The largest absolute Gasteiger partial charge is 1.00 e. The molecular weight excluding hydrogens is 227 g/mol. The molecule has 0 aliphatic heterocycles. The van der Waals surface area contributed by atoms with Gasteiger partial charge in [-0.3, -0.25) is 9.59 Å². The fraction of sp³-hybridized carbons (Fsp3) is 0.769. The van der Waals surface area contributed by atoms with E-state index in [4.69, 9.17) is 10.2 Å². The maximum atomic E-state index is 9.43. The molecule has 0 saturated carbocycles. The quantitative estimate of drug-likeness (QED) is 0.271. The standard InChI is InChI=1S/C10H21.C3H4O4.Li/c1-3-5-7-9-10-8-6-4-2;4-2(5)1-3(6)7;/h3H,4-10H2,1-2H3;1H2,(H,4,5)(H,6,7);/q-1;;+1. The van der Waals surface area contributed by atoms with Gasteiger partial charge in [0.15, 0.2) is 0 Å². The topological polar surface area (TPSA) is 74.6 Å². The predicted octanol–water partition coefficient (Wildman–Crippen LogP) is 0.511. The smallest absolute Gasteiger partial charge is 0.481 e. The number of carboxylic acid groups (broad SMARTS) is 2. The normalized spacial score (nSPS) is 8.78. The van der Waals surface area contributed by atoms with Gasteiger partial charge in [-0.25, -0.2) is 0 Å². The Hall–Kier alpha value is -0.463. The molecule has 0 bridgehead atoms. The van der Waals surface area contributed by atoms with Crippen molar-refractivity contribution in [3.63, 3.8) is 0 Å². The first-order valence-corrected chi connectivity index (χ1v) is 6.26. The number of hydrogen-bond acceptors (Lipinski definition) is 2. The Morgan fingerprint density at radius 3 is 1.72 bits per heavy atom. The Morgan fingerprint density at radius 2 is 1.39 bits per heavy atom. The second-order valence-corrected chi connectivity index (χ2v) is 3.93. The molecule has 0 spiro atoms. The van der Waals surface area contributed by atoms with Crippen molar-refractivity contribution in [1.82, 2.24) is 0 Å². The summed E-state index contributed by atoms with van der Waals surface area (Å²) in [6.45, 7) is 4.41. The molecule has 0 heterocycles. The zero-order valence-electron chi connectivity index (χ0n) is 11.9. The van der Waals surface area contributed by atoms with E-state index >= 15 is 0 Å². The predicted molar refractivity (Wildman–Crippen MR) is 67.9 cm³/mol. The molecule has 4 nitrogen and oxygen atoms in total. The molecule has 102 valence electrons. The SMILES string of the molecule is C[CH-]CCCCCCCC.O=C(O)CC(=O)O.[Li+]. The molecule has 5 heteroatoms. The van der Waals surface area contributed by atoms with Crippen LogP contribution in [0.3, 0.4) is 0 Å². The van der Waals surface area contributed by atoms with E-state index in [9.17, 15) is 9.59 Å². The first-order valence-electron chi connectivity index (χ1n) is 6.26. The summed E-state index contributed by atoms with van der Waals surface area (Å²) in [5.74, 6) is -2.62. The molecule has 2 N–H and O–H groups in total. The van der Waals surface area contributed by atoms with Crippen molar-refractivity contribution in [2.75, 3.05) is 0 Å². The van der Waals surface area contributed by atoms with Gasteiger partial charge in [0.25, 0.3) is 0 Å². The molecule has 0 aliphatic rings. The van der Waals surface area contributed by atoms with Gasteiger partial charge in [-0.05, 0) is 0 Å². The van der Waals surface area contributed by atoms with Crippen LogP contribution in [0, 0.1) is 6.42 Å². The van der Waals surface area contributed by atoms with E-state index in [2.05, 4.69) is 20.3 Å². The van der Waals surface area contributed by atoms with Crippen molar-refractivity contribution in [3.8, 4) is 0 Å². The summed E-state index contributed by atoms with van der Waals surface area (Å²) in [5.41, 5.74) is 0. The summed E-state index contributed by atoms with van der Waals surface area (Å²) in [4.78, 5) is 18.9. The van der Waals surface area contributed by atoms with Gasteiger partial charge in [0, 0.05) is 0 Å². The summed E-state index contributed by atoms with van der Waals surface area (Å²) in [5, 5.41) is 15.4. The minimum atomic E-state index is -1.31. The zero-order valence-corrected chi connectivity index (χ0v) is 11.9. The van der Waals surface area contributed by atoms with Crippen molar-refractivity contribution in [2.45, 2.75) is 65.2 Å². The van der Waals surface area contributed by atoms with Crippen LogP contribution in [-0.4, -0.2) is 22.2 Å². The van der Waals surface area contributed by atoms with Crippen molar-refractivity contribution in [3.05, 3.63) is 6.42 Å². The van der Waals surface area contributed by atoms with Gasteiger partial charge < -0.3 is 16.6 Å². The van der Waals surface area contributed by atoms with Crippen molar-refractivity contribution in [2.24, 2.45) is 0 Å². The van der Waals surface area contributed by atoms with Crippen molar-refractivity contribution < 1.29 is 38.7 Å². The fourth-order valence-corrected chi connectivity index (χ4v) is 1.26. The Kier molecular flexibility index (Phi) is 23.8. The summed E-state index contributed by atoms with van der Waals surface area (Å²) in [7, 11) is 0. The number of aliphatic carboxylic acids is 2. The molecule has 0 aromatic heterocycles. The molecule has 0 amide bonds. The van der Waals surface area contributed by atoms with Gasteiger partial charge in [0.1, 0.15) is 6.42 Å². The monoisotopic (exact) mass is 252 g/mol. The van der Waals surface area contributed by atoms with Crippen LogP contribution >= 0.6 is 0 Å². The van der Waals surface area contributed by atoms with Crippen LogP contribution < -0.4 is 18.9 Å².